The average molecular weight is 585 g/mol. The molecule has 226 valence electrons. The summed E-state index contributed by atoms with van der Waals surface area (Å²) in [6, 6.07) is 11.4. The highest BCUT2D eigenvalue weighted by molar-refractivity contribution is 5.99. The summed E-state index contributed by atoms with van der Waals surface area (Å²) in [6.07, 6.45) is 10.8. The van der Waals surface area contributed by atoms with E-state index in [1.165, 1.54) is 24.5 Å². The molecular weight excluding hydrogens is 543 g/mol. The highest BCUT2D eigenvalue weighted by Gasteiger charge is 2.44. The molecule has 0 bridgehead atoms. The zero-order chi connectivity index (χ0) is 29.6. The number of amides is 1. The van der Waals surface area contributed by atoms with E-state index in [-0.39, 0.29) is 23.2 Å². The Labute approximate surface area is 253 Å². The van der Waals surface area contributed by atoms with Crippen LogP contribution in [0.5, 0.6) is 11.5 Å². The molecule has 3 aromatic rings. The minimum absolute atomic E-state index is 0.0772. The van der Waals surface area contributed by atoms with E-state index in [1.54, 1.807) is 24.7 Å². The number of anilines is 2. The van der Waals surface area contributed by atoms with Crippen LogP contribution in [0.4, 0.5) is 15.9 Å². The first kappa shape index (κ1) is 28.2. The Morgan fingerprint density at radius 2 is 1.93 bits per heavy atom. The molecule has 3 fully saturated rings. The molecule has 4 heterocycles. The maximum absolute atomic E-state index is 14.6. The normalized spacial score (nSPS) is 23.0. The number of benzene rings is 2. The number of hydrogen-bond donors (Lipinski definition) is 1. The molecule has 1 N–H and O–H groups in total. The zero-order valence-electron chi connectivity index (χ0n) is 25.2. The predicted octanol–water partition coefficient (Wildman–Crippen LogP) is 5.80. The Kier molecular flexibility index (Phi) is 7.55. The smallest absolute Gasteiger partial charge is 0.228 e. The summed E-state index contributed by atoms with van der Waals surface area (Å²) in [4.78, 5) is 27.9. The number of likely N-dealkylation sites (tertiary alicyclic amines) is 1. The molecule has 2 atom stereocenters. The Balaban J connectivity index is 1.07. The molecule has 7 rings (SSSR count). The van der Waals surface area contributed by atoms with Crippen molar-refractivity contribution in [3.05, 3.63) is 71.4 Å². The molecule has 9 heteroatoms. The van der Waals surface area contributed by atoms with Crippen molar-refractivity contribution in [2.75, 3.05) is 50.5 Å². The molecule has 2 unspecified atom stereocenters. The minimum atomic E-state index is -0.242. The number of nitrogens with one attached hydrogen (secondary N) is 1. The third-order valence-corrected chi connectivity index (χ3v) is 10.0. The van der Waals surface area contributed by atoms with Crippen molar-refractivity contribution < 1.29 is 13.9 Å². The van der Waals surface area contributed by atoms with E-state index < -0.39 is 0 Å². The summed E-state index contributed by atoms with van der Waals surface area (Å²) < 4.78 is 21.2. The lowest BCUT2D eigenvalue weighted by molar-refractivity contribution is -0.115. The number of rotatable bonds is 8. The molecule has 1 spiro atoms. The van der Waals surface area contributed by atoms with Crippen molar-refractivity contribution >= 4 is 17.4 Å². The fraction of sp³-hybridized carbons (Fsp3) is 0.500. The van der Waals surface area contributed by atoms with Gasteiger partial charge in [-0.2, -0.15) is 0 Å². The molecule has 8 nitrogen and oxygen atoms in total. The number of aromatic nitrogens is 2. The van der Waals surface area contributed by atoms with Crippen LogP contribution in [0.15, 0.2) is 48.9 Å². The zero-order valence-corrected chi connectivity index (χ0v) is 25.2. The van der Waals surface area contributed by atoms with Gasteiger partial charge in [-0.15, -0.1) is 0 Å². The van der Waals surface area contributed by atoms with E-state index >= 15 is 0 Å². The van der Waals surface area contributed by atoms with Crippen molar-refractivity contribution in [3.63, 3.8) is 0 Å². The van der Waals surface area contributed by atoms with E-state index in [0.717, 1.165) is 81.0 Å². The molecule has 2 saturated heterocycles. The molecule has 1 saturated carbocycles. The molecule has 43 heavy (non-hydrogen) atoms. The first-order valence-corrected chi connectivity index (χ1v) is 15.7. The van der Waals surface area contributed by atoms with Gasteiger partial charge in [0.15, 0.2) is 11.6 Å². The average Bonchev–Trinajstić information content (AvgIpc) is 3.79. The Morgan fingerprint density at radius 1 is 1.09 bits per heavy atom. The number of hydrogen-bond acceptors (Lipinski definition) is 7. The van der Waals surface area contributed by atoms with E-state index in [2.05, 4.69) is 57.3 Å². The maximum Gasteiger partial charge on any atom is 0.228 e. The van der Waals surface area contributed by atoms with Crippen LogP contribution >= 0.6 is 0 Å². The molecule has 2 aromatic carbocycles. The number of ether oxygens (including phenoxy) is 1. The summed E-state index contributed by atoms with van der Waals surface area (Å²) in [5.41, 5.74) is 4.38. The van der Waals surface area contributed by atoms with Gasteiger partial charge in [0.1, 0.15) is 17.9 Å². The first-order chi connectivity index (χ1) is 20.9. The second-order valence-electron chi connectivity index (χ2n) is 13.3. The third kappa shape index (κ3) is 5.72. The van der Waals surface area contributed by atoms with Crippen molar-refractivity contribution in [1.82, 2.24) is 19.8 Å². The molecule has 0 radical (unpaired) electrons. The van der Waals surface area contributed by atoms with E-state index in [9.17, 15) is 9.18 Å². The van der Waals surface area contributed by atoms with Crippen LogP contribution in [0.3, 0.4) is 0 Å². The van der Waals surface area contributed by atoms with Crippen LogP contribution in [0, 0.1) is 17.2 Å². The Hall–Kier alpha value is -3.56. The largest absolute Gasteiger partial charge is 0.451 e. The van der Waals surface area contributed by atoms with Gasteiger partial charge in [-0.25, -0.2) is 14.4 Å². The van der Waals surface area contributed by atoms with Gasteiger partial charge >= 0.3 is 0 Å². The minimum Gasteiger partial charge on any atom is -0.451 e. The highest BCUT2D eigenvalue weighted by Crippen LogP contribution is 2.46. The number of fused-ring (bicyclic) bond motifs is 1. The quantitative estimate of drug-likeness (QED) is 0.359. The third-order valence-electron chi connectivity index (χ3n) is 10.0. The Morgan fingerprint density at radius 3 is 2.77 bits per heavy atom. The van der Waals surface area contributed by atoms with Crippen molar-refractivity contribution in [1.29, 1.82) is 0 Å². The summed E-state index contributed by atoms with van der Waals surface area (Å²) in [7, 11) is 4.15. The van der Waals surface area contributed by atoms with E-state index in [4.69, 9.17) is 9.72 Å². The fourth-order valence-electron chi connectivity index (χ4n) is 8.04. The van der Waals surface area contributed by atoms with E-state index in [0.29, 0.717) is 23.8 Å². The molecule has 4 aliphatic rings. The molecular formula is C34H41FN6O2. The predicted molar refractivity (Wildman–Crippen MR) is 165 cm³/mol. The van der Waals surface area contributed by atoms with Gasteiger partial charge in [0.2, 0.25) is 5.91 Å². The molecule has 1 amide bonds. The SMILES string of the molecule is CN(C)C(c1cc(F)ccc1Oc1cncnc1N1CCC2(CCN(Cc3ccc4c(c3)NC(=O)C4)C2)C1)C1CCCC1. The molecule has 1 aromatic heterocycles. The topological polar surface area (TPSA) is 73.8 Å². The summed E-state index contributed by atoms with van der Waals surface area (Å²) in [5, 5.41) is 2.98. The molecule has 3 aliphatic heterocycles. The van der Waals surface area contributed by atoms with Gasteiger partial charge in [-0.3, -0.25) is 9.69 Å². The lowest BCUT2D eigenvalue weighted by Gasteiger charge is -2.32. The van der Waals surface area contributed by atoms with Crippen molar-refractivity contribution in [3.8, 4) is 11.5 Å². The van der Waals surface area contributed by atoms with Crippen LogP contribution < -0.4 is 15.0 Å². The standard InChI is InChI=1S/C34H41FN6O2/c1-39(2)32(24-5-3-4-6-24)27-17-26(35)9-10-29(27)43-30-18-36-22-37-33(30)41-14-12-34(21-41)11-13-40(20-34)19-23-7-8-25-16-31(42)38-28(25)15-23/h7-10,15,17-18,22,24,32H,3-6,11-14,16,19-21H2,1-2H3,(H,38,42). The van der Waals surface area contributed by atoms with Gasteiger partial charge in [-0.05, 0) is 87.6 Å². The van der Waals surface area contributed by atoms with Crippen LogP contribution in [0.1, 0.15) is 61.3 Å². The van der Waals surface area contributed by atoms with Gasteiger partial charge < -0.3 is 19.9 Å². The maximum atomic E-state index is 14.6. The summed E-state index contributed by atoms with van der Waals surface area (Å²) in [5.74, 6) is 2.41. The summed E-state index contributed by atoms with van der Waals surface area (Å²) in [6.45, 7) is 4.79. The van der Waals surface area contributed by atoms with Crippen LogP contribution in [-0.4, -0.2) is 65.9 Å². The van der Waals surface area contributed by atoms with Crippen molar-refractivity contribution in [2.24, 2.45) is 11.3 Å². The lowest BCUT2D eigenvalue weighted by atomic mass is 9.86. The van der Waals surface area contributed by atoms with Gasteiger partial charge in [0.25, 0.3) is 0 Å². The first-order valence-electron chi connectivity index (χ1n) is 15.7. The van der Waals surface area contributed by atoms with Crippen LogP contribution in [-0.2, 0) is 17.8 Å². The Bertz CT molecular complexity index is 1510. The second-order valence-corrected chi connectivity index (χ2v) is 13.3. The van der Waals surface area contributed by atoms with Gasteiger partial charge in [-0.1, -0.05) is 25.0 Å². The monoisotopic (exact) mass is 584 g/mol. The second kappa shape index (κ2) is 11.5. The summed E-state index contributed by atoms with van der Waals surface area (Å²) >= 11 is 0. The van der Waals surface area contributed by atoms with Gasteiger partial charge in [0.05, 0.1) is 12.6 Å². The number of carbonyl (C=O) groups is 1. The number of nitrogens with zero attached hydrogens (tertiary/aromatic N) is 5. The fourth-order valence-corrected chi connectivity index (χ4v) is 8.04. The lowest BCUT2D eigenvalue weighted by Crippen LogP contribution is -2.31. The van der Waals surface area contributed by atoms with Crippen LogP contribution in [0.25, 0.3) is 0 Å². The number of halogens is 1. The highest BCUT2D eigenvalue weighted by atomic mass is 19.1. The van der Waals surface area contributed by atoms with Gasteiger partial charge in [0, 0.05) is 48.9 Å². The van der Waals surface area contributed by atoms with Crippen LogP contribution in [0.2, 0.25) is 0 Å². The molecule has 1 aliphatic carbocycles. The number of carbonyl (C=O) groups excluding carboxylic acids is 1. The van der Waals surface area contributed by atoms with Crippen molar-refractivity contribution in [2.45, 2.75) is 57.5 Å². The van der Waals surface area contributed by atoms with E-state index in [1.807, 2.05) is 0 Å².